The molecule has 0 unspecified atom stereocenters. The van der Waals surface area contributed by atoms with Crippen LogP contribution in [0.4, 0.5) is 0 Å². The van der Waals surface area contributed by atoms with E-state index in [2.05, 4.69) is 17.2 Å². The third kappa shape index (κ3) is 3.17. The highest BCUT2D eigenvalue weighted by molar-refractivity contribution is 6.05. The van der Waals surface area contributed by atoms with E-state index in [9.17, 15) is 19.8 Å². The molecule has 2 amide bonds. The van der Waals surface area contributed by atoms with Gasteiger partial charge < -0.3 is 20.8 Å². The number of benzene rings is 2. The van der Waals surface area contributed by atoms with Crippen molar-refractivity contribution >= 4 is 22.6 Å². The smallest absolute Gasteiger partial charge is 0.255 e. The number of carbonyl (C=O) groups excluding carboxylic acids is 2. The molecule has 0 spiro atoms. The summed E-state index contributed by atoms with van der Waals surface area (Å²) in [4.78, 5) is 23.0. The first-order chi connectivity index (χ1) is 10.5. The number of rotatable bonds is 5. The molecule has 6 nitrogen and oxygen atoms in total. The Balaban J connectivity index is 2.13. The van der Waals surface area contributed by atoms with E-state index in [1.165, 1.54) is 6.07 Å². The molecule has 0 aromatic heterocycles. The Morgan fingerprint density at radius 2 is 1.73 bits per heavy atom. The van der Waals surface area contributed by atoms with E-state index in [-0.39, 0.29) is 36.1 Å². The second-order valence-corrected chi connectivity index (χ2v) is 4.59. The fraction of sp³-hybridized carbons (Fsp3) is 0.125. The minimum Gasteiger partial charge on any atom is -0.507 e. The third-order valence-corrected chi connectivity index (χ3v) is 3.13. The fourth-order valence-corrected chi connectivity index (χ4v) is 2.04. The zero-order valence-corrected chi connectivity index (χ0v) is 11.8. The highest BCUT2D eigenvalue weighted by Gasteiger charge is 2.16. The van der Waals surface area contributed by atoms with Gasteiger partial charge in [0.15, 0.2) is 0 Å². The molecule has 114 valence electrons. The molecule has 0 aliphatic heterocycles. The maximum absolute atomic E-state index is 12.1. The summed E-state index contributed by atoms with van der Waals surface area (Å²) in [7, 11) is 0. The molecule has 0 atom stereocenters. The van der Waals surface area contributed by atoms with Crippen LogP contribution < -0.4 is 10.6 Å². The Bertz CT molecular complexity index is 740. The lowest BCUT2D eigenvalue weighted by molar-refractivity contribution is -0.116. The Hall–Kier alpha value is -3.02. The molecule has 0 heterocycles. The van der Waals surface area contributed by atoms with Gasteiger partial charge in [0.1, 0.15) is 11.5 Å². The van der Waals surface area contributed by atoms with Gasteiger partial charge in [0.2, 0.25) is 5.91 Å². The van der Waals surface area contributed by atoms with Crippen LogP contribution >= 0.6 is 0 Å². The van der Waals surface area contributed by atoms with Gasteiger partial charge in [-0.05, 0) is 12.1 Å². The first-order valence-electron chi connectivity index (χ1n) is 6.66. The van der Waals surface area contributed by atoms with E-state index >= 15 is 0 Å². The van der Waals surface area contributed by atoms with E-state index in [0.29, 0.717) is 10.8 Å². The summed E-state index contributed by atoms with van der Waals surface area (Å²) in [5, 5.41) is 26.0. The molecule has 0 saturated carbocycles. The minimum absolute atomic E-state index is 0.0220. The maximum atomic E-state index is 12.1. The van der Waals surface area contributed by atoms with Crippen molar-refractivity contribution in [3.63, 3.8) is 0 Å². The number of hydrogen-bond acceptors (Lipinski definition) is 4. The van der Waals surface area contributed by atoms with Crippen LogP contribution in [0.15, 0.2) is 43.0 Å². The van der Waals surface area contributed by atoms with Crippen molar-refractivity contribution in [3.05, 3.63) is 48.6 Å². The average Bonchev–Trinajstić information content (AvgIpc) is 2.54. The molecule has 0 aliphatic carbocycles. The molecule has 0 saturated heterocycles. The van der Waals surface area contributed by atoms with Crippen LogP contribution in [0.1, 0.15) is 10.4 Å². The van der Waals surface area contributed by atoms with E-state index in [1.807, 2.05) is 0 Å². The number of hydrogen-bond donors (Lipinski definition) is 4. The molecule has 0 aliphatic rings. The standard InChI is InChI=1S/C16H16N2O4/c1-2-14(20)17-7-8-18-16(22)12-9-13(19)10-5-3-4-6-11(10)15(12)21/h2-6,9,19,21H,1,7-8H2,(H,17,20)(H,18,22). The predicted molar refractivity (Wildman–Crippen MR) is 82.8 cm³/mol. The van der Waals surface area contributed by atoms with Gasteiger partial charge in [-0.25, -0.2) is 0 Å². The monoisotopic (exact) mass is 300 g/mol. The van der Waals surface area contributed by atoms with Gasteiger partial charge in [-0.15, -0.1) is 0 Å². The highest BCUT2D eigenvalue weighted by atomic mass is 16.3. The number of aromatic hydroxyl groups is 2. The van der Waals surface area contributed by atoms with Crippen LogP contribution in [0, 0.1) is 0 Å². The quantitative estimate of drug-likeness (QED) is 0.380. The lowest BCUT2D eigenvalue weighted by Crippen LogP contribution is -2.33. The van der Waals surface area contributed by atoms with Crippen LogP contribution in [0.5, 0.6) is 11.5 Å². The molecule has 0 fully saturated rings. The van der Waals surface area contributed by atoms with Crippen molar-refractivity contribution in [2.75, 3.05) is 13.1 Å². The van der Waals surface area contributed by atoms with Crippen molar-refractivity contribution < 1.29 is 19.8 Å². The van der Waals surface area contributed by atoms with Crippen LogP contribution in [0.2, 0.25) is 0 Å². The van der Waals surface area contributed by atoms with Crippen molar-refractivity contribution in [1.82, 2.24) is 10.6 Å². The van der Waals surface area contributed by atoms with Gasteiger partial charge >= 0.3 is 0 Å². The van der Waals surface area contributed by atoms with Crippen molar-refractivity contribution in [3.8, 4) is 11.5 Å². The summed E-state index contributed by atoms with van der Waals surface area (Å²) in [6, 6.07) is 7.91. The summed E-state index contributed by atoms with van der Waals surface area (Å²) < 4.78 is 0. The molecule has 2 aromatic carbocycles. The van der Waals surface area contributed by atoms with Crippen molar-refractivity contribution in [1.29, 1.82) is 0 Å². The molecule has 2 rings (SSSR count). The van der Waals surface area contributed by atoms with Crippen LogP contribution in [-0.4, -0.2) is 35.1 Å². The normalized spacial score (nSPS) is 10.2. The number of phenols is 2. The van der Waals surface area contributed by atoms with Gasteiger partial charge in [0.25, 0.3) is 5.91 Å². The van der Waals surface area contributed by atoms with Gasteiger partial charge in [-0.2, -0.15) is 0 Å². The number of carbonyl (C=O) groups is 2. The minimum atomic E-state index is -0.536. The average molecular weight is 300 g/mol. The predicted octanol–water partition coefficient (Wildman–Crippen LogP) is 1.28. The van der Waals surface area contributed by atoms with Gasteiger partial charge in [0, 0.05) is 23.9 Å². The zero-order valence-electron chi connectivity index (χ0n) is 11.8. The summed E-state index contributed by atoms with van der Waals surface area (Å²) in [6.07, 6.45) is 1.13. The van der Waals surface area contributed by atoms with Gasteiger partial charge in [-0.3, -0.25) is 9.59 Å². The molecule has 22 heavy (non-hydrogen) atoms. The van der Waals surface area contributed by atoms with E-state index in [0.717, 1.165) is 6.08 Å². The summed E-state index contributed by atoms with van der Waals surface area (Å²) in [6.45, 7) is 3.73. The number of phenolic OH excluding ortho intramolecular Hbond substituents is 2. The SMILES string of the molecule is C=CC(=O)NCCNC(=O)c1cc(O)c2ccccc2c1O. The second-order valence-electron chi connectivity index (χ2n) is 4.59. The van der Waals surface area contributed by atoms with E-state index in [4.69, 9.17) is 0 Å². The molecule has 2 aromatic rings. The van der Waals surface area contributed by atoms with Crippen molar-refractivity contribution in [2.24, 2.45) is 0 Å². The Morgan fingerprint density at radius 1 is 1.09 bits per heavy atom. The first kappa shape index (κ1) is 15.4. The second kappa shape index (κ2) is 6.62. The summed E-state index contributed by atoms with van der Waals surface area (Å²) in [5.41, 5.74) is -0.0220. The van der Waals surface area contributed by atoms with Crippen LogP contribution in [0.25, 0.3) is 10.8 Å². The number of amides is 2. The molecule has 0 bridgehead atoms. The lowest BCUT2D eigenvalue weighted by atomic mass is 10.0. The summed E-state index contributed by atoms with van der Waals surface area (Å²) >= 11 is 0. The summed E-state index contributed by atoms with van der Waals surface area (Å²) in [5.74, 6) is -1.15. The molecular formula is C16H16N2O4. The largest absolute Gasteiger partial charge is 0.507 e. The topological polar surface area (TPSA) is 98.7 Å². The molecule has 0 radical (unpaired) electrons. The van der Waals surface area contributed by atoms with E-state index < -0.39 is 5.91 Å². The van der Waals surface area contributed by atoms with Gasteiger partial charge in [0.05, 0.1) is 5.56 Å². The fourth-order valence-electron chi connectivity index (χ4n) is 2.04. The van der Waals surface area contributed by atoms with Crippen LogP contribution in [-0.2, 0) is 4.79 Å². The van der Waals surface area contributed by atoms with Crippen molar-refractivity contribution in [2.45, 2.75) is 0 Å². The molecule has 4 N–H and O–H groups in total. The third-order valence-electron chi connectivity index (χ3n) is 3.13. The zero-order chi connectivity index (χ0) is 16.1. The van der Waals surface area contributed by atoms with Crippen LogP contribution in [0.3, 0.4) is 0 Å². The lowest BCUT2D eigenvalue weighted by Gasteiger charge is -2.10. The number of fused-ring (bicyclic) bond motifs is 1. The highest BCUT2D eigenvalue weighted by Crippen LogP contribution is 2.34. The van der Waals surface area contributed by atoms with Gasteiger partial charge in [-0.1, -0.05) is 30.8 Å². The Kier molecular flexibility index (Phi) is 4.63. The van der Waals surface area contributed by atoms with E-state index in [1.54, 1.807) is 24.3 Å². The Morgan fingerprint density at radius 3 is 2.41 bits per heavy atom. The molecular weight excluding hydrogens is 284 g/mol. The number of nitrogens with one attached hydrogen (secondary N) is 2. The maximum Gasteiger partial charge on any atom is 0.255 e. The molecule has 6 heteroatoms. The Labute approximate surface area is 127 Å². The first-order valence-corrected chi connectivity index (χ1v) is 6.66.